The molecule has 1 heterocycles. The summed E-state index contributed by atoms with van der Waals surface area (Å²) in [5.74, 6) is -2.38. The van der Waals surface area contributed by atoms with Crippen LogP contribution >= 0.6 is 11.6 Å². The number of amides is 4. The number of sulfonamides is 1. The maximum absolute atomic E-state index is 12.6. The van der Waals surface area contributed by atoms with Crippen molar-refractivity contribution in [2.24, 2.45) is 5.73 Å². The van der Waals surface area contributed by atoms with Crippen molar-refractivity contribution in [3.63, 3.8) is 0 Å². The molecule has 3 aromatic rings. The highest BCUT2D eigenvalue weighted by molar-refractivity contribution is 7.90. The largest absolute Gasteiger partial charge is 0.420 e. The molecule has 0 atom stereocenters. The zero-order valence-electron chi connectivity index (χ0n) is 19.6. The maximum atomic E-state index is 12.6. The highest BCUT2D eigenvalue weighted by Crippen LogP contribution is 2.13. The van der Waals surface area contributed by atoms with Gasteiger partial charge < -0.3 is 15.8 Å². The van der Waals surface area contributed by atoms with Crippen molar-refractivity contribution in [3.05, 3.63) is 88.6 Å². The Morgan fingerprint density at radius 1 is 0.895 bits per heavy atom. The molecule has 5 N–H and O–H groups in total. The summed E-state index contributed by atoms with van der Waals surface area (Å²) in [6.45, 7) is -0.0535. The van der Waals surface area contributed by atoms with Crippen LogP contribution in [-0.2, 0) is 21.2 Å². The molecule has 0 radical (unpaired) electrons. The third-order valence-electron chi connectivity index (χ3n) is 4.89. The molecule has 1 aromatic heterocycles. The summed E-state index contributed by atoms with van der Waals surface area (Å²) in [6.07, 6.45) is 0.451. The van der Waals surface area contributed by atoms with Crippen LogP contribution in [0.2, 0.25) is 5.02 Å². The lowest BCUT2D eigenvalue weighted by Gasteiger charge is -2.09. The lowest BCUT2D eigenvalue weighted by molar-refractivity contribution is -0.118. The Morgan fingerprint density at radius 2 is 1.55 bits per heavy atom. The third kappa shape index (κ3) is 8.09. The highest BCUT2D eigenvalue weighted by Gasteiger charge is 2.20. The monoisotopic (exact) mass is 559 g/mol. The first-order chi connectivity index (χ1) is 18.1. The predicted molar refractivity (Wildman–Crippen MR) is 136 cm³/mol. The van der Waals surface area contributed by atoms with E-state index in [4.69, 9.17) is 22.1 Å². The van der Waals surface area contributed by atoms with E-state index in [1.165, 1.54) is 30.3 Å². The van der Waals surface area contributed by atoms with Gasteiger partial charge in [0.1, 0.15) is 0 Å². The molecule has 198 valence electrons. The summed E-state index contributed by atoms with van der Waals surface area (Å²) in [5, 5.41) is 5.21. The van der Waals surface area contributed by atoms with Gasteiger partial charge >= 0.3 is 6.09 Å². The molecule has 14 heteroatoms. The van der Waals surface area contributed by atoms with Crippen molar-refractivity contribution in [1.82, 2.24) is 20.3 Å². The predicted octanol–water partition coefficient (Wildman–Crippen LogP) is 1.40. The van der Waals surface area contributed by atoms with E-state index in [0.29, 0.717) is 18.0 Å². The number of ether oxygens (including phenoxy) is 1. The summed E-state index contributed by atoms with van der Waals surface area (Å²) < 4.78 is 31.9. The number of pyridine rings is 1. The van der Waals surface area contributed by atoms with Crippen LogP contribution in [0.1, 0.15) is 26.3 Å². The number of hydrogen-bond acceptors (Lipinski definition) is 9. The van der Waals surface area contributed by atoms with E-state index in [-0.39, 0.29) is 27.8 Å². The minimum absolute atomic E-state index is 0.143. The van der Waals surface area contributed by atoms with Crippen LogP contribution in [0.4, 0.5) is 4.79 Å². The third-order valence-corrected chi connectivity index (χ3v) is 6.49. The van der Waals surface area contributed by atoms with Crippen molar-refractivity contribution < 1.29 is 32.3 Å². The van der Waals surface area contributed by atoms with Crippen LogP contribution in [0.3, 0.4) is 0 Å². The molecule has 38 heavy (non-hydrogen) atoms. The van der Waals surface area contributed by atoms with Gasteiger partial charge in [0.05, 0.1) is 17.0 Å². The first-order valence-corrected chi connectivity index (χ1v) is 12.8. The number of hydrogen-bond donors (Lipinski definition) is 4. The van der Waals surface area contributed by atoms with E-state index in [0.717, 1.165) is 17.8 Å². The summed E-state index contributed by atoms with van der Waals surface area (Å²) in [6, 6.07) is 14.6. The topological polar surface area (TPSA) is 187 Å². The van der Waals surface area contributed by atoms with Crippen LogP contribution in [0.25, 0.3) is 0 Å². The lowest BCUT2D eigenvalue weighted by Crippen LogP contribution is -2.37. The summed E-state index contributed by atoms with van der Waals surface area (Å²) in [7, 11) is -4.27. The first-order valence-electron chi connectivity index (χ1n) is 10.9. The van der Waals surface area contributed by atoms with Gasteiger partial charge in [-0.1, -0.05) is 23.7 Å². The molecule has 0 saturated carbocycles. The molecule has 3 rings (SSSR count). The Hall–Kier alpha value is -4.33. The number of nitrogens with zero attached hydrogens (tertiary/aromatic N) is 1. The number of carbonyl (C=O) groups is 4. The summed E-state index contributed by atoms with van der Waals surface area (Å²) in [5.41, 5.74) is 6.16. The quantitative estimate of drug-likeness (QED) is 0.300. The van der Waals surface area contributed by atoms with Crippen molar-refractivity contribution in [2.75, 3.05) is 13.1 Å². The van der Waals surface area contributed by atoms with E-state index in [2.05, 4.69) is 10.3 Å². The number of nitrogens with two attached hydrogens (primary N) is 1. The number of benzene rings is 2. The summed E-state index contributed by atoms with van der Waals surface area (Å²) >= 11 is 5.85. The Morgan fingerprint density at radius 3 is 2.16 bits per heavy atom. The Bertz CT molecular complexity index is 1430. The van der Waals surface area contributed by atoms with Crippen LogP contribution in [-0.4, -0.2) is 50.3 Å². The van der Waals surface area contributed by atoms with Gasteiger partial charge in [0.25, 0.3) is 21.8 Å². The number of nitrogens with one attached hydrogen (secondary N) is 3. The van der Waals surface area contributed by atoms with E-state index >= 15 is 0 Å². The summed E-state index contributed by atoms with van der Waals surface area (Å²) in [4.78, 5) is 50.8. The second-order valence-corrected chi connectivity index (χ2v) is 9.74. The molecule has 0 bridgehead atoms. The average molecular weight is 560 g/mol. The van der Waals surface area contributed by atoms with E-state index < -0.39 is 34.5 Å². The average Bonchev–Trinajstić information content (AvgIpc) is 2.89. The first kappa shape index (κ1) is 28.2. The van der Waals surface area contributed by atoms with Crippen LogP contribution in [0.5, 0.6) is 5.88 Å². The number of halogens is 1. The van der Waals surface area contributed by atoms with Gasteiger partial charge in [0.15, 0.2) is 0 Å². The van der Waals surface area contributed by atoms with Crippen molar-refractivity contribution in [3.8, 4) is 5.88 Å². The Balaban J connectivity index is 1.54. The molecular formula is C24H22ClN5O7S. The normalized spacial score (nSPS) is 10.8. The molecule has 0 aliphatic carbocycles. The molecule has 4 amide bonds. The van der Waals surface area contributed by atoms with Crippen molar-refractivity contribution in [2.45, 2.75) is 11.3 Å². The number of rotatable bonds is 9. The standard InChI is InChI=1S/C24H22ClN5O7S/c25-18-6-1-15(2-7-18)11-12-27-22(32)16-3-8-19(9-4-16)38(35,36)30-23(33)17-5-10-21(28-14-17)37-24(34)29-20(31)13-26/h1-10,14H,11-13,26H2,(H,27,32)(H,30,33)(H,29,31,34). The van der Waals surface area contributed by atoms with Gasteiger partial charge in [0.2, 0.25) is 11.8 Å². The minimum atomic E-state index is -4.27. The molecule has 0 aliphatic heterocycles. The maximum Gasteiger partial charge on any atom is 0.420 e. The highest BCUT2D eigenvalue weighted by atomic mass is 35.5. The van der Waals surface area contributed by atoms with Gasteiger partial charge in [0, 0.05) is 29.4 Å². The second kappa shape index (κ2) is 12.8. The van der Waals surface area contributed by atoms with Gasteiger partial charge in [-0.25, -0.2) is 22.9 Å². The fraction of sp³-hybridized carbons (Fsp3) is 0.125. The van der Waals surface area contributed by atoms with Gasteiger partial charge in [-0.2, -0.15) is 0 Å². The zero-order chi connectivity index (χ0) is 27.7. The molecule has 2 aromatic carbocycles. The SMILES string of the molecule is NCC(=O)NC(=O)Oc1ccc(C(=O)NS(=O)(=O)c2ccc(C(=O)NCCc3ccc(Cl)cc3)cc2)cn1. The number of imide groups is 1. The second-order valence-electron chi connectivity index (χ2n) is 7.62. The smallest absolute Gasteiger partial charge is 0.391 e. The Labute approximate surface area is 222 Å². The van der Waals surface area contributed by atoms with Crippen LogP contribution < -0.4 is 25.8 Å². The lowest BCUT2D eigenvalue weighted by atomic mass is 10.1. The van der Waals surface area contributed by atoms with E-state index in [1.807, 2.05) is 22.2 Å². The van der Waals surface area contributed by atoms with Crippen LogP contribution in [0, 0.1) is 0 Å². The fourth-order valence-corrected chi connectivity index (χ4v) is 4.06. The van der Waals surface area contributed by atoms with Crippen molar-refractivity contribution >= 4 is 45.4 Å². The Kier molecular flexibility index (Phi) is 9.49. The molecular weight excluding hydrogens is 538 g/mol. The van der Waals surface area contributed by atoms with Crippen molar-refractivity contribution in [1.29, 1.82) is 0 Å². The number of carbonyl (C=O) groups excluding carboxylic acids is 4. The zero-order valence-corrected chi connectivity index (χ0v) is 21.2. The molecule has 0 spiro atoms. The molecule has 0 aliphatic rings. The molecule has 0 saturated heterocycles. The molecule has 0 unspecified atom stereocenters. The fourth-order valence-electron chi connectivity index (χ4n) is 2.96. The molecule has 12 nitrogen and oxygen atoms in total. The number of aromatic nitrogens is 1. The van der Waals surface area contributed by atoms with E-state index in [9.17, 15) is 27.6 Å². The minimum Gasteiger partial charge on any atom is -0.391 e. The van der Waals surface area contributed by atoms with Gasteiger partial charge in [-0.3, -0.25) is 19.7 Å². The molecule has 0 fully saturated rings. The van der Waals surface area contributed by atoms with E-state index in [1.54, 1.807) is 12.1 Å². The van der Waals surface area contributed by atoms with Gasteiger partial charge in [-0.15, -0.1) is 0 Å². The van der Waals surface area contributed by atoms with Crippen LogP contribution in [0.15, 0.2) is 71.8 Å². The van der Waals surface area contributed by atoms with Gasteiger partial charge in [-0.05, 0) is 54.4 Å².